The van der Waals surface area contributed by atoms with E-state index in [1.54, 1.807) is 0 Å². The zero-order valence-electron chi connectivity index (χ0n) is 9.32. The molecule has 2 aliphatic rings. The first-order valence-electron chi connectivity index (χ1n) is 5.55. The predicted octanol–water partition coefficient (Wildman–Crippen LogP) is 0.626. The molecule has 86 valence electrons. The SMILES string of the molecule is NC1=NCC2C(=N1)N=CN2Cc1ccccc1. The lowest BCUT2D eigenvalue weighted by molar-refractivity contribution is 0.395. The fraction of sp³-hybridized carbons (Fsp3) is 0.250. The van der Waals surface area contributed by atoms with Crippen molar-refractivity contribution in [2.24, 2.45) is 20.7 Å². The van der Waals surface area contributed by atoms with Gasteiger partial charge in [-0.2, -0.15) is 4.99 Å². The zero-order valence-corrected chi connectivity index (χ0v) is 9.32. The Bertz CT molecular complexity index is 503. The molecule has 17 heavy (non-hydrogen) atoms. The average molecular weight is 227 g/mol. The van der Waals surface area contributed by atoms with Crippen molar-refractivity contribution in [2.45, 2.75) is 12.6 Å². The van der Waals surface area contributed by atoms with E-state index in [2.05, 4.69) is 32.0 Å². The molecule has 0 aliphatic carbocycles. The number of amidine groups is 1. The summed E-state index contributed by atoms with van der Waals surface area (Å²) in [6, 6.07) is 10.4. The van der Waals surface area contributed by atoms with Crippen molar-refractivity contribution in [3.8, 4) is 0 Å². The van der Waals surface area contributed by atoms with Gasteiger partial charge in [0.1, 0.15) is 6.04 Å². The first kappa shape index (κ1) is 10.0. The molecule has 1 aromatic carbocycles. The van der Waals surface area contributed by atoms with Crippen LogP contribution in [0.1, 0.15) is 5.56 Å². The van der Waals surface area contributed by atoms with Crippen LogP contribution < -0.4 is 5.73 Å². The average Bonchev–Trinajstić information content (AvgIpc) is 2.73. The molecule has 0 bridgehead atoms. The summed E-state index contributed by atoms with van der Waals surface area (Å²) in [7, 11) is 0. The fourth-order valence-corrected chi connectivity index (χ4v) is 2.02. The third-order valence-corrected chi connectivity index (χ3v) is 2.90. The molecule has 0 saturated heterocycles. The lowest BCUT2D eigenvalue weighted by Gasteiger charge is -2.24. The number of nitrogens with two attached hydrogens (primary N) is 1. The van der Waals surface area contributed by atoms with E-state index >= 15 is 0 Å². The molecule has 0 amide bonds. The van der Waals surface area contributed by atoms with Gasteiger partial charge in [0, 0.05) is 6.54 Å². The second kappa shape index (κ2) is 4.01. The Morgan fingerprint density at radius 1 is 1.29 bits per heavy atom. The number of fused-ring (bicyclic) bond motifs is 1. The summed E-state index contributed by atoms with van der Waals surface area (Å²) in [5, 5.41) is 0. The second-order valence-electron chi connectivity index (χ2n) is 4.09. The smallest absolute Gasteiger partial charge is 0.217 e. The van der Waals surface area contributed by atoms with Crippen LogP contribution in [0, 0.1) is 0 Å². The van der Waals surface area contributed by atoms with E-state index in [4.69, 9.17) is 5.73 Å². The summed E-state index contributed by atoms with van der Waals surface area (Å²) in [6.07, 6.45) is 1.82. The van der Waals surface area contributed by atoms with Crippen molar-refractivity contribution in [3.05, 3.63) is 35.9 Å². The molecule has 1 atom stereocenters. The number of hydrogen-bond acceptors (Lipinski definition) is 5. The minimum Gasteiger partial charge on any atom is -0.368 e. The minimum atomic E-state index is 0.141. The summed E-state index contributed by atoms with van der Waals surface area (Å²) >= 11 is 0. The molecular formula is C12H13N5. The van der Waals surface area contributed by atoms with Gasteiger partial charge in [0.15, 0.2) is 5.84 Å². The number of benzene rings is 1. The summed E-state index contributed by atoms with van der Waals surface area (Å²) in [5.41, 5.74) is 6.81. The van der Waals surface area contributed by atoms with Crippen molar-refractivity contribution >= 4 is 18.1 Å². The molecule has 2 aliphatic heterocycles. The van der Waals surface area contributed by atoms with Gasteiger partial charge in [0.25, 0.3) is 0 Å². The first-order chi connectivity index (χ1) is 8.33. The highest BCUT2D eigenvalue weighted by Gasteiger charge is 2.29. The molecule has 2 N–H and O–H groups in total. The Morgan fingerprint density at radius 3 is 2.94 bits per heavy atom. The standard InChI is InChI=1S/C12H13N5/c13-12-14-6-10-11(16-12)15-8-17(10)7-9-4-2-1-3-5-9/h1-5,8,10H,6-7H2,(H2,13,14). The summed E-state index contributed by atoms with van der Waals surface area (Å²) < 4.78 is 0. The van der Waals surface area contributed by atoms with Gasteiger partial charge >= 0.3 is 0 Å². The third kappa shape index (κ3) is 1.91. The maximum atomic E-state index is 5.56. The molecule has 1 unspecified atom stereocenters. The molecule has 5 nitrogen and oxygen atoms in total. The van der Waals surface area contributed by atoms with Crippen molar-refractivity contribution < 1.29 is 0 Å². The van der Waals surface area contributed by atoms with E-state index in [1.807, 2.05) is 24.5 Å². The Balaban J connectivity index is 1.76. The highest BCUT2D eigenvalue weighted by atomic mass is 15.3. The van der Waals surface area contributed by atoms with Gasteiger partial charge in [-0.05, 0) is 5.56 Å². The van der Waals surface area contributed by atoms with Crippen LogP contribution in [0.4, 0.5) is 0 Å². The van der Waals surface area contributed by atoms with E-state index in [0.29, 0.717) is 12.5 Å². The number of aliphatic imine (C=N–C) groups is 3. The van der Waals surface area contributed by atoms with Crippen LogP contribution in [0.2, 0.25) is 0 Å². The van der Waals surface area contributed by atoms with Crippen LogP contribution in [0.15, 0.2) is 45.3 Å². The Labute approximate surface area is 99.4 Å². The minimum absolute atomic E-state index is 0.141. The van der Waals surface area contributed by atoms with Crippen molar-refractivity contribution in [3.63, 3.8) is 0 Å². The topological polar surface area (TPSA) is 66.3 Å². The molecule has 0 aromatic heterocycles. The molecule has 0 radical (unpaired) electrons. The molecule has 2 heterocycles. The van der Waals surface area contributed by atoms with Gasteiger partial charge in [-0.15, -0.1) is 0 Å². The van der Waals surface area contributed by atoms with E-state index in [-0.39, 0.29) is 6.04 Å². The molecule has 0 spiro atoms. The van der Waals surface area contributed by atoms with E-state index < -0.39 is 0 Å². The van der Waals surface area contributed by atoms with E-state index in [1.165, 1.54) is 5.56 Å². The number of nitrogens with zero attached hydrogens (tertiary/aromatic N) is 4. The van der Waals surface area contributed by atoms with Crippen molar-refractivity contribution in [1.29, 1.82) is 0 Å². The predicted molar refractivity (Wildman–Crippen MR) is 68.2 cm³/mol. The zero-order chi connectivity index (χ0) is 11.7. The summed E-state index contributed by atoms with van der Waals surface area (Å²) in [4.78, 5) is 14.7. The maximum absolute atomic E-state index is 5.56. The summed E-state index contributed by atoms with van der Waals surface area (Å²) in [5.74, 6) is 1.10. The van der Waals surface area contributed by atoms with Crippen LogP contribution in [0.3, 0.4) is 0 Å². The van der Waals surface area contributed by atoms with Crippen LogP contribution in [-0.2, 0) is 6.54 Å². The number of rotatable bonds is 2. The Hall–Kier alpha value is -2.17. The first-order valence-corrected chi connectivity index (χ1v) is 5.55. The normalized spacial score (nSPS) is 22.1. The lowest BCUT2D eigenvalue weighted by Crippen LogP contribution is -2.39. The maximum Gasteiger partial charge on any atom is 0.217 e. The Kier molecular flexibility index (Phi) is 2.36. The van der Waals surface area contributed by atoms with Gasteiger partial charge in [0.05, 0.1) is 12.9 Å². The highest BCUT2D eigenvalue weighted by Crippen LogP contribution is 2.16. The monoisotopic (exact) mass is 227 g/mol. The molecule has 0 saturated carbocycles. The van der Waals surface area contributed by atoms with Gasteiger partial charge in [-0.3, -0.25) is 0 Å². The molecule has 3 rings (SSSR count). The molecule has 5 heteroatoms. The van der Waals surface area contributed by atoms with Gasteiger partial charge in [0.2, 0.25) is 5.96 Å². The largest absolute Gasteiger partial charge is 0.368 e. The quantitative estimate of drug-likeness (QED) is 0.805. The van der Waals surface area contributed by atoms with Crippen molar-refractivity contribution in [2.75, 3.05) is 6.54 Å². The molecular weight excluding hydrogens is 214 g/mol. The summed E-state index contributed by atoms with van der Waals surface area (Å²) in [6.45, 7) is 1.46. The van der Waals surface area contributed by atoms with Gasteiger partial charge < -0.3 is 10.6 Å². The molecule has 1 aromatic rings. The van der Waals surface area contributed by atoms with Gasteiger partial charge in [-0.25, -0.2) is 9.98 Å². The van der Waals surface area contributed by atoms with Crippen LogP contribution in [0.25, 0.3) is 0 Å². The third-order valence-electron chi connectivity index (χ3n) is 2.90. The lowest BCUT2D eigenvalue weighted by atomic mass is 10.2. The van der Waals surface area contributed by atoms with Gasteiger partial charge in [-0.1, -0.05) is 30.3 Å². The number of hydrogen-bond donors (Lipinski definition) is 1. The Morgan fingerprint density at radius 2 is 2.12 bits per heavy atom. The van der Waals surface area contributed by atoms with Crippen LogP contribution >= 0.6 is 0 Å². The highest BCUT2D eigenvalue weighted by molar-refractivity contribution is 6.06. The molecule has 0 fully saturated rings. The fourth-order valence-electron chi connectivity index (χ4n) is 2.02. The number of guanidine groups is 1. The second-order valence-corrected chi connectivity index (χ2v) is 4.09. The van der Waals surface area contributed by atoms with E-state index in [9.17, 15) is 0 Å². The van der Waals surface area contributed by atoms with Crippen LogP contribution in [0.5, 0.6) is 0 Å². The van der Waals surface area contributed by atoms with E-state index in [0.717, 1.165) is 12.4 Å². The van der Waals surface area contributed by atoms with Crippen LogP contribution in [-0.4, -0.2) is 35.6 Å². The van der Waals surface area contributed by atoms with Crippen molar-refractivity contribution in [1.82, 2.24) is 4.90 Å².